The zero-order valence-electron chi connectivity index (χ0n) is 21.8. The predicted molar refractivity (Wildman–Crippen MR) is 130 cm³/mol. The Morgan fingerprint density at radius 3 is 1.94 bits per heavy atom. The molecule has 0 radical (unpaired) electrons. The normalized spacial score (nSPS) is 13.7. The van der Waals surface area contributed by atoms with Gasteiger partial charge in [-0.1, -0.05) is 54.0 Å². The molecule has 3 atom stereocenters. The lowest BCUT2D eigenvalue weighted by Crippen LogP contribution is -2.37. The number of carbonyl (C=O) groups is 4. The third kappa shape index (κ3) is 10.5. The summed E-state index contributed by atoms with van der Waals surface area (Å²) in [5.41, 5.74) is 6.61. The Labute approximate surface area is 207 Å². The van der Waals surface area contributed by atoms with Crippen molar-refractivity contribution in [2.24, 2.45) is 23.5 Å². The summed E-state index contributed by atoms with van der Waals surface area (Å²) in [5.74, 6) is -2.78. The summed E-state index contributed by atoms with van der Waals surface area (Å²) in [4.78, 5) is 48.5. The van der Waals surface area contributed by atoms with E-state index in [0.29, 0.717) is 5.56 Å². The van der Waals surface area contributed by atoms with Crippen molar-refractivity contribution in [2.45, 2.75) is 79.9 Å². The van der Waals surface area contributed by atoms with Crippen LogP contribution in [0.25, 0.3) is 0 Å². The van der Waals surface area contributed by atoms with E-state index in [1.54, 1.807) is 47.6 Å². The molecule has 0 amide bonds. The molecule has 0 saturated carbocycles. The highest BCUT2D eigenvalue weighted by Gasteiger charge is 2.23. The van der Waals surface area contributed by atoms with Crippen LogP contribution in [0, 0.1) is 17.8 Å². The van der Waals surface area contributed by atoms with Crippen LogP contribution in [0.3, 0.4) is 0 Å². The number of rotatable bonds is 13. The molecule has 1 unspecified atom stereocenters. The Balaban J connectivity index is 2.82. The van der Waals surface area contributed by atoms with Crippen LogP contribution in [-0.2, 0) is 35.1 Å². The van der Waals surface area contributed by atoms with Crippen LogP contribution in [-0.4, -0.2) is 42.6 Å². The van der Waals surface area contributed by atoms with Crippen LogP contribution in [0.2, 0.25) is 0 Å². The summed E-state index contributed by atoms with van der Waals surface area (Å²) in [6.07, 6.45) is 1.02. The van der Waals surface area contributed by atoms with E-state index >= 15 is 0 Å². The van der Waals surface area contributed by atoms with Crippen molar-refractivity contribution in [2.75, 3.05) is 6.61 Å². The SMILES string of the molecule is CCCC(C)C(=O)OC[C@H](C)OC(=O)[C@@H](N)Cc1ccc(OC(=O)C(C)C)c(OC(=O)C(C)C)c1. The summed E-state index contributed by atoms with van der Waals surface area (Å²) in [6, 6.07) is 3.63. The van der Waals surface area contributed by atoms with Gasteiger partial charge in [0.05, 0.1) is 17.8 Å². The molecule has 0 heterocycles. The second kappa shape index (κ2) is 14.5. The van der Waals surface area contributed by atoms with Gasteiger partial charge in [-0.2, -0.15) is 0 Å². The van der Waals surface area contributed by atoms with Crippen LogP contribution in [0.1, 0.15) is 66.9 Å². The lowest BCUT2D eigenvalue weighted by Gasteiger charge is -2.19. The maximum atomic E-state index is 12.4. The smallest absolute Gasteiger partial charge is 0.323 e. The molecule has 9 nitrogen and oxygen atoms in total. The number of ether oxygens (including phenoxy) is 4. The highest BCUT2D eigenvalue weighted by Crippen LogP contribution is 2.30. The standard InChI is InChI=1S/C26H39NO8/c1-8-9-17(6)25(30)32-14-18(7)33-26(31)20(27)12-19-10-11-21(34-23(28)15(2)3)22(13-19)35-24(29)16(4)5/h10-11,13,15-18,20H,8-9,12,14,27H2,1-7H3/t17?,18-,20-/m0/s1. The molecule has 0 fully saturated rings. The molecule has 196 valence electrons. The third-order valence-corrected chi connectivity index (χ3v) is 5.03. The van der Waals surface area contributed by atoms with Crippen LogP contribution in [0.4, 0.5) is 0 Å². The first-order valence-corrected chi connectivity index (χ1v) is 12.0. The molecule has 1 aromatic carbocycles. The van der Waals surface area contributed by atoms with Gasteiger partial charge in [-0.25, -0.2) is 0 Å². The highest BCUT2D eigenvalue weighted by atomic mass is 16.6. The zero-order chi connectivity index (χ0) is 26.7. The van der Waals surface area contributed by atoms with E-state index < -0.39 is 36.0 Å². The van der Waals surface area contributed by atoms with Gasteiger partial charge in [0.2, 0.25) is 0 Å². The first kappa shape index (κ1) is 30.1. The zero-order valence-corrected chi connectivity index (χ0v) is 21.8. The van der Waals surface area contributed by atoms with Gasteiger partial charge >= 0.3 is 23.9 Å². The number of carbonyl (C=O) groups excluding carboxylic acids is 4. The van der Waals surface area contributed by atoms with Gasteiger partial charge in [-0.15, -0.1) is 0 Å². The first-order valence-electron chi connectivity index (χ1n) is 12.0. The molecule has 0 aliphatic heterocycles. The number of esters is 4. The second-order valence-electron chi connectivity index (χ2n) is 9.31. The average molecular weight is 494 g/mol. The molecule has 1 aromatic rings. The van der Waals surface area contributed by atoms with Crippen LogP contribution < -0.4 is 15.2 Å². The Bertz CT molecular complexity index is 880. The van der Waals surface area contributed by atoms with Gasteiger partial charge in [0, 0.05) is 0 Å². The van der Waals surface area contributed by atoms with E-state index in [4.69, 9.17) is 24.7 Å². The van der Waals surface area contributed by atoms with Crippen LogP contribution in [0.15, 0.2) is 18.2 Å². The topological polar surface area (TPSA) is 131 Å². The molecule has 0 aliphatic carbocycles. The minimum Gasteiger partial charge on any atom is -0.462 e. The molecule has 0 aliphatic rings. The van der Waals surface area contributed by atoms with Gasteiger partial charge in [0.1, 0.15) is 18.8 Å². The Morgan fingerprint density at radius 2 is 1.40 bits per heavy atom. The van der Waals surface area contributed by atoms with Crippen molar-refractivity contribution in [1.82, 2.24) is 0 Å². The lowest BCUT2D eigenvalue weighted by atomic mass is 10.1. The maximum Gasteiger partial charge on any atom is 0.323 e. The van der Waals surface area contributed by atoms with E-state index in [-0.39, 0.29) is 42.3 Å². The third-order valence-electron chi connectivity index (χ3n) is 5.03. The number of nitrogens with two attached hydrogens (primary N) is 1. The van der Waals surface area contributed by atoms with Crippen molar-refractivity contribution in [3.05, 3.63) is 23.8 Å². The summed E-state index contributed by atoms with van der Waals surface area (Å²) in [5, 5.41) is 0. The van der Waals surface area contributed by atoms with Crippen molar-refractivity contribution < 1.29 is 38.1 Å². The average Bonchev–Trinajstić information content (AvgIpc) is 2.78. The summed E-state index contributed by atoms with van der Waals surface area (Å²) < 4.78 is 21.3. The lowest BCUT2D eigenvalue weighted by molar-refractivity contribution is -0.161. The van der Waals surface area contributed by atoms with Gasteiger partial charge in [0.25, 0.3) is 0 Å². The maximum absolute atomic E-state index is 12.4. The van der Waals surface area contributed by atoms with Crippen molar-refractivity contribution in [1.29, 1.82) is 0 Å². The fraction of sp³-hybridized carbons (Fsp3) is 0.615. The summed E-state index contributed by atoms with van der Waals surface area (Å²) >= 11 is 0. The highest BCUT2D eigenvalue weighted by molar-refractivity contribution is 5.78. The molecule has 2 N–H and O–H groups in total. The molecule has 0 saturated heterocycles. The Morgan fingerprint density at radius 1 is 0.829 bits per heavy atom. The van der Waals surface area contributed by atoms with Gasteiger partial charge in [0.15, 0.2) is 11.5 Å². The number of hydrogen-bond acceptors (Lipinski definition) is 9. The molecule has 35 heavy (non-hydrogen) atoms. The van der Waals surface area contributed by atoms with Crippen molar-refractivity contribution >= 4 is 23.9 Å². The molecular formula is C26H39NO8. The van der Waals surface area contributed by atoms with E-state index in [9.17, 15) is 19.2 Å². The molecule has 9 heteroatoms. The predicted octanol–water partition coefficient (Wildman–Crippen LogP) is 3.59. The monoisotopic (exact) mass is 493 g/mol. The van der Waals surface area contributed by atoms with E-state index in [0.717, 1.165) is 12.8 Å². The van der Waals surface area contributed by atoms with Crippen LogP contribution >= 0.6 is 0 Å². The minimum atomic E-state index is -1.01. The molecule has 0 spiro atoms. The molecule has 0 aromatic heterocycles. The quantitative estimate of drug-likeness (QED) is 0.323. The summed E-state index contributed by atoms with van der Waals surface area (Å²) in [6.45, 7) is 12.1. The Hall–Kier alpha value is -2.94. The van der Waals surface area contributed by atoms with E-state index in [1.165, 1.54) is 12.1 Å². The van der Waals surface area contributed by atoms with Gasteiger partial charge in [-0.3, -0.25) is 19.2 Å². The first-order chi connectivity index (χ1) is 16.3. The number of benzene rings is 1. The largest absolute Gasteiger partial charge is 0.462 e. The molecule has 1 rings (SSSR count). The minimum absolute atomic E-state index is 0.0590. The summed E-state index contributed by atoms with van der Waals surface area (Å²) in [7, 11) is 0. The second-order valence-corrected chi connectivity index (χ2v) is 9.31. The van der Waals surface area contributed by atoms with E-state index in [1.807, 2.05) is 6.92 Å². The Kier molecular flexibility index (Phi) is 12.4. The fourth-order valence-electron chi connectivity index (χ4n) is 2.85. The van der Waals surface area contributed by atoms with Crippen LogP contribution in [0.5, 0.6) is 11.5 Å². The van der Waals surface area contributed by atoms with Gasteiger partial charge < -0.3 is 24.7 Å². The van der Waals surface area contributed by atoms with Crippen molar-refractivity contribution in [3.8, 4) is 11.5 Å². The molecular weight excluding hydrogens is 454 g/mol. The number of hydrogen-bond donors (Lipinski definition) is 1. The van der Waals surface area contributed by atoms with Crippen molar-refractivity contribution in [3.63, 3.8) is 0 Å². The molecule has 0 bridgehead atoms. The fourth-order valence-corrected chi connectivity index (χ4v) is 2.85. The van der Waals surface area contributed by atoms with E-state index in [2.05, 4.69) is 0 Å². The van der Waals surface area contributed by atoms with Gasteiger partial charge in [-0.05, 0) is 37.5 Å².